The second kappa shape index (κ2) is 6.86. The lowest BCUT2D eigenvalue weighted by Crippen LogP contribution is -2.46. The number of nitrogens with one attached hydrogen (secondary N) is 1. The fourth-order valence-corrected chi connectivity index (χ4v) is 2.48. The Labute approximate surface area is 114 Å². The number of carbonyl (C=O) groups excluding carboxylic acids is 2. The largest absolute Gasteiger partial charge is 0.378 e. The summed E-state index contributed by atoms with van der Waals surface area (Å²) >= 11 is 0. The van der Waals surface area contributed by atoms with E-state index in [0.717, 1.165) is 32.5 Å². The van der Waals surface area contributed by atoms with Gasteiger partial charge in [-0.1, -0.05) is 0 Å². The number of hydrogen-bond acceptors (Lipinski definition) is 4. The molecule has 1 unspecified atom stereocenters. The molecule has 0 aliphatic carbocycles. The van der Waals surface area contributed by atoms with Gasteiger partial charge in [0.05, 0.1) is 19.8 Å². The van der Waals surface area contributed by atoms with Crippen molar-refractivity contribution < 1.29 is 14.3 Å². The summed E-state index contributed by atoms with van der Waals surface area (Å²) in [6, 6.07) is 0.0746. The second-order valence-corrected chi connectivity index (χ2v) is 5.27. The Bertz CT molecular complexity index is 323. The smallest absolute Gasteiger partial charge is 0.242 e. The number of amides is 2. The monoisotopic (exact) mass is 269 g/mol. The molecule has 2 heterocycles. The molecule has 0 radical (unpaired) electrons. The number of carbonyl (C=O) groups is 2. The molecule has 108 valence electrons. The summed E-state index contributed by atoms with van der Waals surface area (Å²) < 4.78 is 5.32. The average Bonchev–Trinajstić information content (AvgIpc) is 2.93. The average molecular weight is 269 g/mol. The van der Waals surface area contributed by atoms with Crippen LogP contribution in [0.5, 0.6) is 0 Å². The summed E-state index contributed by atoms with van der Waals surface area (Å²) in [7, 11) is 1.69. The summed E-state index contributed by atoms with van der Waals surface area (Å²) in [6.45, 7) is 3.91. The Morgan fingerprint density at radius 1 is 1.37 bits per heavy atom. The summed E-state index contributed by atoms with van der Waals surface area (Å²) in [4.78, 5) is 27.3. The number of rotatable bonds is 4. The zero-order valence-corrected chi connectivity index (χ0v) is 11.6. The van der Waals surface area contributed by atoms with Crippen LogP contribution in [0.4, 0.5) is 0 Å². The number of morpholine rings is 1. The van der Waals surface area contributed by atoms with E-state index >= 15 is 0 Å². The van der Waals surface area contributed by atoms with Crippen molar-refractivity contribution in [3.63, 3.8) is 0 Å². The molecule has 0 aromatic heterocycles. The Morgan fingerprint density at radius 2 is 2.11 bits per heavy atom. The highest BCUT2D eigenvalue weighted by Crippen LogP contribution is 2.08. The first-order chi connectivity index (χ1) is 9.16. The number of nitrogens with zero attached hydrogens (tertiary/aromatic N) is 2. The molecule has 2 aliphatic rings. The van der Waals surface area contributed by atoms with Crippen molar-refractivity contribution in [1.29, 1.82) is 0 Å². The van der Waals surface area contributed by atoms with Gasteiger partial charge in [-0.3, -0.25) is 9.59 Å². The van der Waals surface area contributed by atoms with E-state index in [9.17, 15) is 9.59 Å². The van der Waals surface area contributed by atoms with Gasteiger partial charge in [0.1, 0.15) is 0 Å². The first kappa shape index (κ1) is 14.3. The number of likely N-dealkylation sites (tertiary alicyclic amines) is 1. The molecular formula is C13H23N3O3. The van der Waals surface area contributed by atoms with E-state index in [0.29, 0.717) is 19.6 Å². The molecule has 6 nitrogen and oxygen atoms in total. The first-order valence-corrected chi connectivity index (χ1v) is 6.99. The van der Waals surface area contributed by atoms with Gasteiger partial charge in [-0.25, -0.2) is 0 Å². The highest BCUT2D eigenvalue weighted by atomic mass is 16.5. The molecule has 6 heteroatoms. The third kappa shape index (κ3) is 4.18. The minimum absolute atomic E-state index is 0.00412. The van der Waals surface area contributed by atoms with E-state index in [1.807, 2.05) is 4.90 Å². The van der Waals surface area contributed by atoms with Gasteiger partial charge in [0.2, 0.25) is 11.8 Å². The Balaban J connectivity index is 1.73. The van der Waals surface area contributed by atoms with E-state index in [-0.39, 0.29) is 24.4 Å². The second-order valence-electron chi connectivity index (χ2n) is 5.27. The van der Waals surface area contributed by atoms with Crippen molar-refractivity contribution >= 4 is 11.8 Å². The van der Waals surface area contributed by atoms with Crippen LogP contribution in [-0.2, 0) is 14.3 Å². The van der Waals surface area contributed by atoms with Gasteiger partial charge < -0.3 is 19.9 Å². The predicted molar refractivity (Wildman–Crippen MR) is 70.7 cm³/mol. The van der Waals surface area contributed by atoms with E-state index in [1.54, 1.807) is 7.05 Å². The SMILES string of the molecule is CN(CC(=O)N1CCCC1)C(=O)CC1COCCN1. The minimum Gasteiger partial charge on any atom is -0.378 e. The van der Waals surface area contributed by atoms with Crippen molar-refractivity contribution in [3.8, 4) is 0 Å². The van der Waals surface area contributed by atoms with Crippen LogP contribution in [0.3, 0.4) is 0 Å². The molecule has 0 spiro atoms. The number of ether oxygens (including phenoxy) is 1. The standard InChI is InChI=1S/C13H23N3O3/c1-15(9-13(18)16-5-2-3-6-16)12(17)8-11-10-19-7-4-14-11/h11,14H,2-10H2,1H3. The fraction of sp³-hybridized carbons (Fsp3) is 0.846. The molecule has 19 heavy (non-hydrogen) atoms. The molecule has 2 fully saturated rings. The van der Waals surface area contributed by atoms with Gasteiger partial charge in [-0.05, 0) is 12.8 Å². The maximum atomic E-state index is 12.0. The van der Waals surface area contributed by atoms with Gasteiger partial charge in [0.25, 0.3) is 0 Å². The van der Waals surface area contributed by atoms with Crippen LogP contribution < -0.4 is 5.32 Å². The maximum absolute atomic E-state index is 12.0. The van der Waals surface area contributed by atoms with Gasteiger partial charge in [-0.2, -0.15) is 0 Å². The maximum Gasteiger partial charge on any atom is 0.242 e. The fourth-order valence-electron chi connectivity index (χ4n) is 2.48. The Morgan fingerprint density at radius 3 is 2.74 bits per heavy atom. The molecule has 2 saturated heterocycles. The highest BCUT2D eigenvalue weighted by molar-refractivity contribution is 5.85. The van der Waals surface area contributed by atoms with Crippen LogP contribution in [-0.4, -0.2) is 74.1 Å². The van der Waals surface area contributed by atoms with Crippen LogP contribution in [0.2, 0.25) is 0 Å². The van der Waals surface area contributed by atoms with Crippen LogP contribution in [0.25, 0.3) is 0 Å². The molecule has 1 atom stereocenters. The Hall–Kier alpha value is -1.14. The molecule has 1 N–H and O–H groups in total. The number of likely N-dealkylation sites (N-methyl/N-ethyl adjacent to an activating group) is 1. The van der Waals surface area contributed by atoms with Gasteiger partial charge in [-0.15, -0.1) is 0 Å². The quantitative estimate of drug-likeness (QED) is 0.743. The normalized spacial score (nSPS) is 23.4. The molecule has 0 saturated carbocycles. The van der Waals surface area contributed by atoms with Gasteiger partial charge in [0.15, 0.2) is 0 Å². The Kier molecular flexibility index (Phi) is 5.15. The van der Waals surface area contributed by atoms with Crippen LogP contribution >= 0.6 is 0 Å². The lowest BCUT2D eigenvalue weighted by molar-refractivity contribution is -0.139. The zero-order valence-electron chi connectivity index (χ0n) is 11.6. The molecule has 2 amide bonds. The third-order valence-electron chi connectivity index (χ3n) is 3.68. The molecule has 0 aromatic carbocycles. The summed E-state index contributed by atoms with van der Waals surface area (Å²) in [5.74, 6) is 0.0525. The minimum atomic E-state index is -0.00412. The molecule has 2 rings (SSSR count). The van der Waals surface area contributed by atoms with Crippen LogP contribution in [0.15, 0.2) is 0 Å². The molecule has 0 bridgehead atoms. The van der Waals surface area contributed by atoms with E-state index in [4.69, 9.17) is 4.74 Å². The first-order valence-electron chi connectivity index (χ1n) is 6.99. The predicted octanol–water partition coefficient (Wildman–Crippen LogP) is -0.554. The van der Waals surface area contributed by atoms with Crippen LogP contribution in [0, 0.1) is 0 Å². The van der Waals surface area contributed by atoms with Gasteiger partial charge >= 0.3 is 0 Å². The lowest BCUT2D eigenvalue weighted by Gasteiger charge is -2.26. The summed E-state index contributed by atoms with van der Waals surface area (Å²) in [5.41, 5.74) is 0. The third-order valence-corrected chi connectivity index (χ3v) is 3.68. The number of hydrogen-bond donors (Lipinski definition) is 1. The van der Waals surface area contributed by atoms with E-state index < -0.39 is 0 Å². The molecular weight excluding hydrogens is 246 g/mol. The lowest BCUT2D eigenvalue weighted by atomic mass is 10.2. The van der Waals surface area contributed by atoms with Crippen molar-refractivity contribution in [1.82, 2.24) is 15.1 Å². The highest BCUT2D eigenvalue weighted by Gasteiger charge is 2.23. The van der Waals surface area contributed by atoms with E-state index in [1.165, 1.54) is 4.90 Å². The zero-order chi connectivity index (χ0) is 13.7. The molecule has 2 aliphatic heterocycles. The van der Waals surface area contributed by atoms with Crippen molar-refractivity contribution in [2.75, 3.05) is 46.4 Å². The summed E-state index contributed by atoms with van der Waals surface area (Å²) in [5, 5.41) is 3.25. The van der Waals surface area contributed by atoms with Crippen molar-refractivity contribution in [3.05, 3.63) is 0 Å². The van der Waals surface area contributed by atoms with Crippen molar-refractivity contribution in [2.45, 2.75) is 25.3 Å². The molecule has 0 aromatic rings. The van der Waals surface area contributed by atoms with Crippen LogP contribution in [0.1, 0.15) is 19.3 Å². The summed E-state index contributed by atoms with van der Waals surface area (Å²) in [6.07, 6.45) is 2.54. The topological polar surface area (TPSA) is 61.9 Å². The van der Waals surface area contributed by atoms with E-state index in [2.05, 4.69) is 5.32 Å². The van der Waals surface area contributed by atoms with Crippen molar-refractivity contribution in [2.24, 2.45) is 0 Å². The van der Waals surface area contributed by atoms with Gasteiger partial charge in [0, 0.05) is 39.1 Å².